The summed E-state index contributed by atoms with van der Waals surface area (Å²) in [5, 5.41) is 3.35. The minimum atomic E-state index is -0.459. The molecule has 0 atom stereocenters. The molecule has 1 spiro atoms. The fraction of sp³-hybridized carbons (Fsp3) is 0.0270. The molecule has 0 saturated carbocycles. The first-order valence-corrected chi connectivity index (χ1v) is 14.7. The van der Waals surface area contributed by atoms with E-state index in [9.17, 15) is 0 Å². The van der Waals surface area contributed by atoms with E-state index in [1.165, 1.54) is 59.2 Å². The van der Waals surface area contributed by atoms with Gasteiger partial charge in [-0.2, -0.15) is 0 Å². The number of fused-ring (bicyclic) bond motifs is 12. The smallest absolute Gasteiger partial charge is 0.0754 e. The average molecular weight is 548 g/mol. The number of rotatable bonds is 1. The lowest BCUT2D eigenvalue weighted by Gasteiger charge is -2.45. The highest BCUT2D eigenvalue weighted by Gasteiger charge is 2.51. The van der Waals surface area contributed by atoms with Crippen molar-refractivity contribution in [2.45, 2.75) is 5.41 Å². The van der Waals surface area contributed by atoms with Crippen LogP contribution in [-0.4, -0.2) is 0 Å². The van der Waals surface area contributed by atoms with Crippen molar-refractivity contribution in [2.24, 2.45) is 0 Å². The summed E-state index contributed by atoms with van der Waals surface area (Å²) in [5.41, 5.74) is 10.7. The third-order valence-corrected chi connectivity index (χ3v) is 10.1. The van der Waals surface area contributed by atoms with E-state index in [0.29, 0.717) is 0 Å². The first-order chi connectivity index (χ1) is 19.7. The standard InChI is InChI=1S/C37H22ClNS/c38-23-17-19-34-32(21-23)37(29-12-4-1-9-25(29)26-10-2-5-13-30(26)37)31-14-6-7-15-33(31)39(34)24-18-20-36-28(22-24)27-11-3-8-16-35(27)40-36/h1-22H. The molecule has 1 aromatic heterocycles. The summed E-state index contributed by atoms with van der Waals surface area (Å²) in [6, 6.07) is 48.7. The summed E-state index contributed by atoms with van der Waals surface area (Å²) in [4.78, 5) is 2.43. The molecule has 0 radical (unpaired) electrons. The van der Waals surface area contributed by atoms with Crippen molar-refractivity contribution in [2.75, 3.05) is 4.90 Å². The fourth-order valence-electron chi connectivity index (χ4n) is 7.21. The van der Waals surface area contributed by atoms with Crippen LogP contribution >= 0.6 is 22.9 Å². The van der Waals surface area contributed by atoms with Gasteiger partial charge in [-0.05, 0) is 81.9 Å². The third kappa shape index (κ3) is 2.77. The van der Waals surface area contributed by atoms with Gasteiger partial charge in [0.15, 0.2) is 0 Å². The number of hydrogen-bond donors (Lipinski definition) is 0. The molecule has 2 aliphatic rings. The topological polar surface area (TPSA) is 3.24 Å². The van der Waals surface area contributed by atoms with E-state index in [4.69, 9.17) is 11.6 Å². The van der Waals surface area contributed by atoms with Gasteiger partial charge in [0, 0.05) is 30.9 Å². The molecule has 6 aromatic carbocycles. The van der Waals surface area contributed by atoms with Crippen LogP contribution in [0.4, 0.5) is 17.1 Å². The van der Waals surface area contributed by atoms with Crippen LogP contribution in [0.15, 0.2) is 133 Å². The predicted octanol–water partition coefficient (Wildman–Crippen LogP) is 10.9. The molecule has 0 unspecified atom stereocenters. The second-order valence-corrected chi connectivity index (χ2v) is 12.2. The third-order valence-electron chi connectivity index (χ3n) is 8.72. The van der Waals surface area contributed by atoms with E-state index in [1.54, 1.807) is 0 Å². The van der Waals surface area contributed by atoms with Crippen molar-refractivity contribution in [3.05, 3.63) is 161 Å². The van der Waals surface area contributed by atoms with Crippen LogP contribution in [0, 0.1) is 0 Å². The number of benzene rings is 6. The van der Waals surface area contributed by atoms with E-state index in [0.717, 1.165) is 16.4 Å². The zero-order valence-corrected chi connectivity index (χ0v) is 23.0. The second kappa shape index (κ2) is 8.08. The van der Waals surface area contributed by atoms with Crippen LogP contribution in [0.2, 0.25) is 5.02 Å². The first-order valence-electron chi connectivity index (χ1n) is 13.6. The van der Waals surface area contributed by atoms with Crippen LogP contribution in [0.25, 0.3) is 31.3 Å². The Morgan fingerprint density at radius 1 is 0.500 bits per heavy atom. The van der Waals surface area contributed by atoms with Gasteiger partial charge in [0.25, 0.3) is 0 Å². The normalized spacial score (nSPS) is 14.3. The Labute approximate surface area is 241 Å². The summed E-state index contributed by atoms with van der Waals surface area (Å²) in [7, 11) is 0. The van der Waals surface area contributed by atoms with Gasteiger partial charge in [-0.25, -0.2) is 0 Å². The van der Waals surface area contributed by atoms with Gasteiger partial charge in [0.1, 0.15) is 0 Å². The summed E-state index contributed by atoms with van der Waals surface area (Å²) in [5.74, 6) is 0. The van der Waals surface area contributed by atoms with Gasteiger partial charge < -0.3 is 4.90 Å². The Bertz CT molecular complexity index is 2110. The fourth-order valence-corrected chi connectivity index (χ4v) is 8.47. The van der Waals surface area contributed by atoms with Crippen LogP contribution in [0.5, 0.6) is 0 Å². The number of thiophene rings is 1. The Hall–Kier alpha value is -4.37. The number of halogens is 1. The maximum Gasteiger partial charge on any atom is 0.0754 e. The van der Waals surface area contributed by atoms with Gasteiger partial charge in [0.05, 0.1) is 16.8 Å². The van der Waals surface area contributed by atoms with Crippen molar-refractivity contribution >= 4 is 60.2 Å². The molecule has 3 heteroatoms. The Morgan fingerprint density at radius 2 is 1.12 bits per heavy atom. The minimum Gasteiger partial charge on any atom is -0.310 e. The zero-order valence-electron chi connectivity index (χ0n) is 21.4. The SMILES string of the molecule is Clc1ccc2c(c1)C1(c3ccccc3-c3ccccc31)c1ccccc1N2c1ccc2sc3ccccc3c2c1. The summed E-state index contributed by atoms with van der Waals surface area (Å²) >= 11 is 8.68. The van der Waals surface area contributed by atoms with E-state index in [-0.39, 0.29) is 0 Å². The highest BCUT2D eigenvalue weighted by molar-refractivity contribution is 7.25. The lowest BCUT2D eigenvalue weighted by atomic mass is 9.64. The van der Waals surface area contributed by atoms with Crippen LogP contribution < -0.4 is 4.90 Å². The van der Waals surface area contributed by atoms with E-state index < -0.39 is 5.41 Å². The van der Waals surface area contributed by atoms with E-state index in [2.05, 4.69) is 132 Å². The molecular weight excluding hydrogens is 526 g/mol. The minimum absolute atomic E-state index is 0.459. The largest absolute Gasteiger partial charge is 0.310 e. The van der Waals surface area contributed by atoms with Crippen molar-refractivity contribution in [3.63, 3.8) is 0 Å². The van der Waals surface area contributed by atoms with Gasteiger partial charge in [-0.3, -0.25) is 0 Å². The van der Waals surface area contributed by atoms with Gasteiger partial charge in [-0.15, -0.1) is 11.3 Å². The zero-order chi connectivity index (χ0) is 26.4. The highest BCUT2D eigenvalue weighted by atomic mass is 35.5. The lowest BCUT2D eigenvalue weighted by molar-refractivity contribution is 0.753. The Balaban J connectivity index is 1.40. The average Bonchev–Trinajstić information content (AvgIpc) is 3.52. The number of anilines is 3. The lowest BCUT2D eigenvalue weighted by Crippen LogP contribution is -2.36. The molecular formula is C37H22ClNS. The molecule has 9 rings (SSSR count). The molecule has 0 amide bonds. The Kier molecular flexibility index (Phi) is 4.53. The maximum atomic E-state index is 6.82. The first kappa shape index (κ1) is 22.4. The number of para-hydroxylation sites is 1. The van der Waals surface area contributed by atoms with Crippen molar-refractivity contribution < 1.29 is 0 Å². The maximum absolute atomic E-state index is 6.82. The predicted molar refractivity (Wildman–Crippen MR) is 170 cm³/mol. The second-order valence-electron chi connectivity index (χ2n) is 10.6. The quantitative estimate of drug-likeness (QED) is 0.197. The molecule has 1 aliphatic heterocycles. The molecule has 40 heavy (non-hydrogen) atoms. The van der Waals surface area contributed by atoms with Crippen LogP contribution in [-0.2, 0) is 5.41 Å². The Morgan fingerprint density at radius 3 is 1.93 bits per heavy atom. The molecule has 2 heterocycles. The molecule has 0 fully saturated rings. The summed E-state index contributed by atoms with van der Waals surface area (Å²) < 4.78 is 2.63. The van der Waals surface area contributed by atoms with Gasteiger partial charge >= 0.3 is 0 Å². The molecule has 0 N–H and O–H groups in total. The molecule has 7 aromatic rings. The van der Waals surface area contributed by atoms with Gasteiger partial charge in [-0.1, -0.05) is 96.5 Å². The molecule has 1 nitrogen and oxygen atoms in total. The molecule has 188 valence electrons. The van der Waals surface area contributed by atoms with E-state index >= 15 is 0 Å². The molecule has 1 aliphatic carbocycles. The molecule has 0 bridgehead atoms. The highest BCUT2D eigenvalue weighted by Crippen LogP contribution is 2.63. The summed E-state index contributed by atoms with van der Waals surface area (Å²) in [6.45, 7) is 0. The van der Waals surface area contributed by atoms with Crippen molar-refractivity contribution in [1.82, 2.24) is 0 Å². The van der Waals surface area contributed by atoms with Crippen molar-refractivity contribution in [1.29, 1.82) is 0 Å². The summed E-state index contributed by atoms with van der Waals surface area (Å²) in [6.07, 6.45) is 0. The van der Waals surface area contributed by atoms with Crippen LogP contribution in [0.1, 0.15) is 22.3 Å². The van der Waals surface area contributed by atoms with E-state index in [1.807, 2.05) is 17.4 Å². The van der Waals surface area contributed by atoms with Crippen molar-refractivity contribution in [3.8, 4) is 11.1 Å². The number of hydrogen-bond acceptors (Lipinski definition) is 2. The van der Waals surface area contributed by atoms with Gasteiger partial charge in [0.2, 0.25) is 0 Å². The number of nitrogens with zero attached hydrogens (tertiary/aromatic N) is 1. The van der Waals surface area contributed by atoms with Crippen LogP contribution in [0.3, 0.4) is 0 Å². The monoisotopic (exact) mass is 547 g/mol. The molecule has 0 saturated heterocycles.